The first-order chi connectivity index (χ1) is 12.1. The molecule has 0 saturated heterocycles. The molecule has 0 aromatic carbocycles. The number of hydrogen-bond acceptors (Lipinski definition) is 4. The van der Waals surface area contributed by atoms with Crippen LogP contribution in [0.1, 0.15) is 52.4 Å². The number of aldehydes is 2. The van der Waals surface area contributed by atoms with Crippen molar-refractivity contribution in [2.24, 2.45) is 11.3 Å². The molecule has 1 rings (SSSR count). The van der Waals surface area contributed by atoms with E-state index in [2.05, 4.69) is 39.2 Å². The molecule has 0 aromatic heterocycles. The maximum absolute atomic E-state index is 10.9. The fourth-order valence-electron chi connectivity index (χ4n) is 4.19. The van der Waals surface area contributed by atoms with Crippen LogP contribution in [0.3, 0.4) is 0 Å². The van der Waals surface area contributed by atoms with E-state index in [0.29, 0.717) is 19.3 Å². The molecule has 0 N–H and O–H groups in total. The van der Waals surface area contributed by atoms with Crippen molar-refractivity contribution in [3.05, 3.63) is 23.8 Å². The highest BCUT2D eigenvalue weighted by molar-refractivity contribution is 6.69. The fourth-order valence-corrected chi connectivity index (χ4v) is 5.60. The van der Waals surface area contributed by atoms with Crippen LogP contribution in [0.2, 0.25) is 19.6 Å². The second-order valence-corrected chi connectivity index (χ2v) is 13.0. The van der Waals surface area contributed by atoms with Gasteiger partial charge in [0.1, 0.15) is 12.6 Å². The van der Waals surface area contributed by atoms with Crippen molar-refractivity contribution in [2.75, 3.05) is 0 Å². The van der Waals surface area contributed by atoms with Crippen LogP contribution in [0.4, 0.5) is 0 Å². The zero-order chi connectivity index (χ0) is 20.0. The van der Waals surface area contributed by atoms with Gasteiger partial charge >= 0.3 is 0 Å². The van der Waals surface area contributed by atoms with Crippen LogP contribution in [0.15, 0.2) is 23.8 Å². The number of carbonyl (C=O) groups excluding carboxylic acids is 2. The third kappa shape index (κ3) is 4.80. The van der Waals surface area contributed by atoms with E-state index in [1.165, 1.54) is 0 Å². The molecule has 0 aliphatic heterocycles. The monoisotopic (exact) mass is 375 g/mol. The van der Waals surface area contributed by atoms with Crippen LogP contribution in [-0.4, -0.2) is 26.5 Å². The molecule has 0 aromatic rings. The van der Waals surface area contributed by atoms with Crippen LogP contribution in [0.25, 0.3) is 0 Å². The second kappa shape index (κ2) is 8.92. The summed E-state index contributed by atoms with van der Waals surface area (Å²) in [5.74, 6) is 0.244. The minimum absolute atomic E-state index is 0.244. The topological polar surface area (TPSA) is 67.2 Å². The zero-order valence-corrected chi connectivity index (χ0v) is 17.9. The lowest BCUT2D eigenvalue weighted by Crippen LogP contribution is -2.52. The number of hydrogen-bond donors (Lipinski definition) is 0. The second-order valence-electron chi connectivity index (χ2n) is 8.54. The quantitative estimate of drug-likeness (QED) is 0.234. The van der Waals surface area contributed by atoms with Gasteiger partial charge < -0.3 is 9.22 Å². The molecule has 0 spiro atoms. The molecule has 3 atom stereocenters. The molecule has 4 nitrogen and oxygen atoms in total. The van der Waals surface area contributed by atoms with E-state index in [0.717, 1.165) is 43.0 Å². The molecule has 1 saturated carbocycles. The number of rotatable bonds is 10. The molecule has 1 aliphatic carbocycles. The highest BCUT2D eigenvalue weighted by atomic mass is 28.4. The van der Waals surface area contributed by atoms with Gasteiger partial charge in [0.15, 0.2) is 13.9 Å². The smallest absolute Gasteiger partial charge is 0.185 e. The zero-order valence-electron chi connectivity index (χ0n) is 16.9. The Morgan fingerprint density at radius 1 is 1.35 bits per heavy atom. The normalized spacial score (nSPS) is 29.2. The van der Waals surface area contributed by atoms with E-state index in [4.69, 9.17) is 4.43 Å². The summed E-state index contributed by atoms with van der Waals surface area (Å²) in [6.07, 6.45) is 7.96. The first-order valence-electron chi connectivity index (χ1n) is 9.41. The van der Waals surface area contributed by atoms with Gasteiger partial charge in [-0.2, -0.15) is 5.26 Å². The van der Waals surface area contributed by atoms with Gasteiger partial charge in [-0.05, 0) is 70.2 Å². The van der Waals surface area contributed by atoms with Crippen molar-refractivity contribution in [1.82, 2.24) is 0 Å². The Kier molecular flexibility index (Phi) is 7.73. The van der Waals surface area contributed by atoms with Crippen molar-refractivity contribution in [3.8, 4) is 6.07 Å². The minimum atomic E-state index is -1.96. The first kappa shape index (κ1) is 22.5. The SMILES string of the molecule is C=C(CCC=O)[C@]1(C)C(CC/C=C(\C)C=O)CCC1(C#N)O[Si](C)(C)C. The molecule has 0 amide bonds. The van der Waals surface area contributed by atoms with E-state index in [1.807, 2.05) is 6.08 Å². The number of nitrogens with zero attached hydrogens (tertiary/aromatic N) is 1. The molecular weight excluding hydrogens is 342 g/mol. The van der Waals surface area contributed by atoms with Crippen LogP contribution in [0, 0.1) is 22.7 Å². The predicted molar refractivity (Wildman–Crippen MR) is 107 cm³/mol. The molecule has 26 heavy (non-hydrogen) atoms. The lowest BCUT2D eigenvalue weighted by molar-refractivity contribution is -0.108. The average Bonchev–Trinajstić information content (AvgIpc) is 2.85. The van der Waals surface area contributed by atoms with Gasteiger partial charge in [0.25, 0.3) is 0 Å². The van der Waals surface area contributed by atoms with Crippen LogP contribution in [0.5, 0.6) is 0 Å². The molecule has 1 aliphatic rings. The van der Waals surface area contributed by atoms with E-state index < -0.39 is 19.3 Å². The summed E-state index contributed by atoms with van der Waals surface area (Å²) >= 11 is 0. The van der Waals surface area contributed by atoms with Crippen molar-refractivity contribution in [2.45, 2.75) is 77.6 Å². The number of carbonyl (C=O) groups is 2. The van der Waals surface area contributed by atoms with Gasteiger partial charge in [0.2, 0.25) is 0 Å². The van der Waals surface area contributed by atoms with Crippen molar-refractivity contribution >= 4 is 20.9 Å². The Morgan fingerprint density at radius 3 is 2.50 bits per heavy atom. The number of nitriles is 1. The van der Waals surface area contributed by atoms with E-state index in [9.17, 15) is 14.9 Å². The summed E-state index contributed by atoms with van der Waals surface area (Å²) in [7, 11) is -1.96. The average molecular weight is 376 g/mol. The summed E-state index contributed by atoms with van der Waals surface area (Å²) in [5.41, 5.74) is 0.289. The molecule has 5 heteroatoms. The lowest BCUT2D eigenvalue weighted by Gasteiger charge is -2.46. The molecule has 0 radical (unpaired) electrons. The van der Waals surface area contributed by atoms with Gasteiger partial charge in [0.05, 0.1) is 6.07 Å². The molecule has 1 fully saturated rings. The summed E-state index contributed by atoms with van der Waals surface area (Å²) in [4.78, 5) is 21.7. The summed E-state index contributed by atoms with van der Waals surface area (Å²) in [5, 5.41) is 10.1. The third-order valence-electron chi connectivity index (χ3n) is 5.63. The standard InChI is InChI=1S/C21H33NO3Si/c1-17(15-24)9-7-11-19-12-13-21(16-22,25-26(4,5)6)20(19,3)18(2)10-8-14-23/h9,14-15,19H,2,7-8,10-13H2,1,3-6H3/b17-9+/t19?,20-,21?/m1/s1. The van der Waals surface area contributed by atoms with Crippen molar-refractivity contribution in [1.29, 1.82) is 5.26 Å². The van der Waals surface area contributed by atoms with Gasteiger partial charge in [-0.1, -0.05) is 25.2 Å². The Bertz CT molecular complexity index is 614. The molecule has 0 heterocycles. The molecular formula is C21H33NO3Si. The van der Waals surface area contributed by atoms with Crippen molar-refractivity contribution < 1.29 is 14.0 Å². The Labute approximate surface area is 159 Å². The van der Waals surface area contributed by atoms with Gasteiger partial charge in [-0.15, -0.1) is 0 Å². The summed E-state index contributed by atoms with van der Waals surface area (Å²) in [6, 6.07) is 2.51. The maximum Gasteiger partial charge on any atom is 0.185 e. The largest absolute Gasteiger partial charge is 0.399 e. The lowest BCUT2D eigenvalue weighted by atomic mass is 9.64. The van der Waals surface area contributed by atoms with E-state index in [-0.39, 0.29) is 5.92 Å². The molecule has 144 valence electrons. The maximum atomic E-state index is 10.9. The van der Waals surface area contributed by atoms with Crippen LogP contribution < -0.4 is 0 Å². The Balaban J connectivity index is 3.22. The minimum Gasteiger partial charge on any atom is -0.399 e. The first-order valence-corrected chi connectivity index (χ1v) is 12.8. The Hall–Kier alpha value is -1.51. The van der Waals surface area contributed by atoms with Crippen LogP contribution in [-0.2, 0) is 14.0 Å². The van der Waals surface area contributed by atoms with Crippen molar-refractivity contribution in [3.63, 3.8) is 0 Å². The van der Waals surface area contributed by atoms with E-state index >= 15 is 0 Å². The highest BCUT2D eigenvalue weighted by Crippen LogP contribution is 2.59. The van der Waals surface area contributed by atoms with Gasteiger partial charge in [0, 0.05) is 11.8 Å². The third-order valence-corrected chi connectivity index (χ3v) is 6.59. The number of allylic oxidation sites excluding steroid dienone is 2. The summed E-state index contributed by atoms with van der Waals surface area (Å²) < 4.78 is 6.49. The predicted octanol–water partition coefficient (Wildman–Crippen LogP) is 4.98. The van der Waals surface area contributed by atoms with Crippen LogP contribution >= 0.6 is 0 Å². The Morgan fingerprint density at radius 2 is 2.00 bits per heavy atom. The van der Waals surface area contributed by atoms with E-state index in [1.54, 1.807) is 6.92 Å². The fraction of sp³-hybridized carbons (Fsp3) is 0.667. The summed E-state index contributed by atoms with van der Waals surface area (Å²) in [6.45, 7) is 14.5. The molecule has 0 bridgehead atoms. The van der Waals surface area contributed by atoms with Gasteiger partial charge in [-0.3, -0.25) is 4.79 Å². The highest BCUT2D eigenvalue weighted by Gasteiger charge is 2.60. The van der Waals surface area contributed by atoms with Gasteiger partial charge in [-0.25, -0.2) is 0 Å². The molecule has 2 unspecified atom stereocenters.